The van der Waals surface area contributed by atoms with Crippen molar-refractivity contribution in [3.63, 3.8) is 0 Å². The van der Waals surface area contributed by atoms with Crippen LogP contribution < -0.4 is 20.3 Å². The van der Waals surface area contributed by atoms with Gasteiger partial charge in [-0.2, -0.15) is 0 Å². The first-order valence-corrected chi connectivity index (χ1v) is 10.6. The molecular weight excluding hydrogens is 382 g/mol. The molecule has 0 unspecified atom stereocenters. The van der Waals surface area contributed by atoms with E-state index in [2.05, 4.69) is 22.8 Å². The molecule has 152 valence electrons. The molecule has 0 saturated carbocycles. The van der Waals surface area contributed by atoms with Crippen molar-refractivity contribution in [2.24, 2.45) is 0 Å². The van der Waals surface area contributed by atoms with Crippen LogP contribution in [0.4, 0.5) is 11.4 Å². The number of rotatable bonds is 4. The van der Waals surface area contributed by atoms with Gasteiger partial charge < -0.3 is 20.3 Å². The number of carbonyl (C=O) groups excluding carboxylic acids is 1. The van der Waals surface area contributed by atoms with Crippen molar-refractivity contribution in [3.8, 4) is 5.75 Å². The van der Waals surface area contributed by atoms with E-state index in [-0.39, 0.29) is 11.9 Å². The summed E-state index contributed by atoms with van der Waals surface area (Å²) >= 11 is 5.60. The number of hydrogen-bond acceptors (Lipinski definition) is 3. The summed E-state index contributed by atoms with van der Waals surface area (Å²) in [7, 11) is 1.70. The van der Waals surface area contributed by atoms with Crippen LogP contribution in [-0.4, -0.2) is 24.7 Å². The summed E-state index contributed by atoms with van der Waals surface area (Å²) in [4.78, 5) is 14.0. The molecule has 1 saturated heterocycles. The molecule has 1 atom stereocenters. The number of nitrogens with zero attached hydrogens (tertiary/aromatic N) is 1. The van der Waals surface area contributed by atoms with Gasteiger partial charge in [0.15, 0.2) is 5.11 Å². The topological polar surface area (TPSA) is 53.6 Å². The minimum absolute atomic E-state index is 0.190. The summed E-state index contributed by atoms with van der Waals surface area (Å²) in [5.74, 6) is 1.09. The average molecular weight is 410 g/mol. The van der Waals surface area contributed by atoms with Gasteiger partial charge in [0.1, 0.15) is 5.75 Å². The number of benzene rings is 2. The monoisotopic (exact) mass is 409 g/mol. The molecule has 0 aromatic heterocycles. The normalized spacial score (nSPS) is 18.3. The molecule has 1 amide bonds. The van der Waals surface area contributed by atoms with Gasteiger partial charge in [-0.3, -0.25) is 4.79 Å². The molecule has 2 aromatic carbocycles. The smallest absolute Gasteiger partial charge is 0.227 e. The average Bonchev–Trinajstić information content (AvgIpc) is 3.15. The second-order valence-electron chi connectivity index (χ2n) is 7.76. The number of nitrogens with one attached hydrogen (secondary N) is 2. The van der Waals surface area contributed by atoms with Gasteiger partial charge in [0.2, 0.25) is 5.91 Å². The highest BCUT2D eigenvalue weighted by Gasteiger charge is 2.24. The third kappa shape index (κ3) is 4.22. The minimum Gasteiger partial charge on any atom is -0.497 e. The summed E-state index contributed by atoms with van der Waals surface area (Å²) in [5.41, 5.74) is 5.57. The Kier molecular flexibility index (Phi) is 5.72. The maximum Gasteiger partial charge on any atom is 0.227 e. The second-order valence-corrected chi connectivity index (χ2v) is 8.17. The van der Waals surface area contributed by atoms with Gasteiger partial charge in [0.05, 0.1) is 13.2 Å². The van der Waals surface area contributed by atoms with E-state index in [9.17, 15) is 4.79 Å². The Morgan fingerprint density at radius 2 is 2.03 bits per heavy atom. The Hall–Kier alpha value is -2.60. The number of fused-ring (bicyclic) bond motifs is 1. The molecule has 4 rings (SSSR count). The zero-order valence-electron chi connectivity index (χ0n) is 17.0. The fourth-order valence-electron chi connectivity index (χ4n) is 4.27. The quantitative estimate of drug-likeness (QED) is 0.729. The molecule has 0 radical (unpaired) electrons. The largest absolute Gasteiger partial charge is 0.497 e. The zero-order valence-corrected chi connectivity index (χ0v) is 17.8. The molecule has 29 heavy (non-hydrogen) atoms. The van der Waals surface area contributed by atoms with Crippen LogP contribution in [0.25, 0.3) is 0 Å². The van der Waals surface area contributed by atoms with E-state index >= 15 is 0 Å². The van der Waals surface area contributed by atoms with Crippen LogP contribution in [-0.2, 0) is 11.2 Å². The molecule has 0 bridgehead atoms. The van der Waals surface area contributed by atoms with Crippen molar-refractivity contribution in [2.75, 3.05) is 23.9 Å². The first kappa shape index (κ1) is 19.7. The second kappa shape index (κ2) is 8.41. The van der Waals surface area contributed by atoms with Crippen molar-refractivity contribution in [1.82, 2.24) is 5.32 Å². The number of carbonyl (C=O) groups is 1. The molecule has 5 nitrogen and oxygen atoms in total. The summed E-state index contributed by atoms with van der Waals surface area (Å²) in [6.07, 6.45) is 4.77. The maximum atomic E-state index is 12.1. The Morgan fingerprint density at radius 1 is 1.17 bits per heavy atom. The van der Waals surface area contributed by atoms with Gasteiger partial charge in [0.25, 0.3) is 0 Å². The number of anilines is 2. The molecule has 2 aliphatic rings. The Morgan fingerprint density at radius 3 is 2.79 bits per heavy atom. The lowest BCUT2D eigenvalue weighted by Gasteiger charge is -2.28. The molecule has 1 aliphatic carbocycles. The van der Waals surface area contributed by atoms with E-state index in [1.165, 1.54) is 11.1 Å². The van der Waals surface area contributed by atoms with Crippen LogP contribution >= 0.6 is 12.2 Å². The molecular formula is C23H27N3O2S. The van der Waals surface area contributed by atoms with Crippen LogP contribution in [0.1, 0.15) is 48.4 Å². The highest BCUT2D eigenvalue weighted by Crippen LogP contribution is 2.32. The minimum atomic E-state index is 0.190. The number of methoxy groups -OCH3 is 1. The van der Waals surface area contributed by atoms with Crippen LogP contribution in [0.5, 0.6) is 5.75 Å². The highest BCUT2D eigenvalue weighted by molar-refractivity contribution is 7.80. The third-order valence-electron chi connectivity index (χ3n) is 5.80. The van der Waals surface area contributed by atoms with Gasteiger partial charge in [-0.25, -0.2) is 0 Å². The van der Waals surface area contributed by atoms with E-state index in [1.54, 1.807) is 7.11 Å². The number of aryl methyl sites for hydroxylation is 2. The summed E-state index contributed by atoms with van der Waals surface area (Å²) in [6, 6.07) is 12.5. The third-order valence-corrected chi connectivity index (χ3v) is 6.02. The molecule has 2 N–H and O–H groups in total. The van der Waals surface area contributed by atoms with Gasteiger partial charge in [-0.05, 0) is 85.8 Å². The lowest BCUT2D eigenvalue weighted by molar-refractivity contribution is -0.117. The lowest BCUT2D eigenvalue weighted by Crippen LogP contribution is -2.34. The van der Waals surface area contributed by atoms with Crippen molar-refractivity contribution in [2.45, 2.75) is 45.1 Å². The predicted octanol–water partition coefficient (Wildman–Crippen LogP) is 4.49. The highest BCUT2D eigenvalue weighted by atomic mass is 32.1. The number of hydrogen-bond donors (Lipinski definition) is 2. The Labute approximate surface area is 177 Å². The molecule has 6 heteroatoms. The summed E-state index contributed by atoms with van der Waals surface area (Å²) in [6.45, 7) is 2.82. The number of ether oxygens (including phenoxy) is 1. The van der Waals surface area contributed by atoms with Crippen molar-refractivity contribution in [3.05, 3.63) is 53.1 Å². The van der Waals surface area contributed by atoms with Crippen molar-refractivity contribution < 1.29 is 9.53 Å². The number of thiocarbonyl (C=S) groups is 1. The van der Waals surface area contributed by atoms with Crippen molar-refractivity contribution in [1.29, 1.82) is 0 Å². The molecule has 1 heterocycles. The fraction of sp³-hybridized carbons (Fsp3) is 0.391. The number of amides is 1. The van der Waals surface area contributed by atoms with Gasteiger partial charge >= 0.3 is 0 Å². The molecule has 0 spiro atoms. The van der Waals surface area contributed by atoms with E-state index in [4.69, 9.17) is 17.0 Å². The van der Waals surface area contributed by atoms with Crippen LogP contribution in [0.15, 0.2) is 36.4 Å². The summed E-state index contributed by atoms with van der Waals surface area (Å²) < 4.78 is 5.36. The molecule has 1 aliphatic heterocycles. The van der Waals surface area contributed by atoms with E-state index in [0.717, 1.165) is 54.9 Å². The van der Waals surface area contributed by atoms with Gasteiger partial charge in [-0.15, -0.1) is 0 Å². The summed E-state index contributed by atoms with van der Waals surface area (Å²) in [5, 5.41) is 7.38. The first-order valence-electron chi connectivity index (χ1n) is 10.2. The Bertz CT molecular complexity index is 944. The van der Waals surface area contributed by atoms with Crippen molar-refractivity contribution >= 4 is 34.6 Å². The lowest BCUT2D eigenvalue weighted by atomic mass is 9.87. The molecule has 1 fully saturated rings. The van der Waals surface area contributed by atoms with E-state index in [1.807, 2.05) is 36.1 Å². The van der Waals surface area contributed by atoms with E-state index < -0.39 is 0 Å². The standard InChI is InChI=1S/C23H27N3O2S/c1-15-8-9-17(14-21(15)26-12-4-7-22(26)27)24-23(29)25-20-6-3-5-16-13-18(28-2)10-11-19(16)20/h8-11,13-14,20H,3-7,12H2,1-2H3,(H2,24,25,29)/t20-/m0/s1. The Balaban J connectivity index is 1.46. The van der Waals surface area contributed by atoms with Gasteiger partial charge in [0, 0.05) is 24.3 Å². The zero-order chi connectivity index (χ0) is 20.4. The van der Waals surface area contributed by atoms with Crippen LogP contribution in [0.2, 0.25) is 0 Å². The SMILES string of the molecule is COc1ccc2c(c1)CCC[C@@H]2NC(=S)Nc1ccc(C)c(N2CCCC2=O)c1. The fourth-order valence-corrected chi connectivity index (χ4v) is 4.53. The first-order chi connectivity index (χ1) is 14.0. The van der Waals surface area contributed by atoms with Gasteiger partial charge in [-0.1, -0.05) is 12.1 Å². The van der Waals surface area contributed by atoms with E-state index in [0.29, 0.717) is 11.5 Å². The van der Waals surface area contributed by atoms with Crippen LogP contribution in [0.3, 0.4) is 0 Å². The van der Waals surface area contributed by atoms with Crippen LogP contribution in [0, 0.1) is 6.92 Å². The maximum absolute atomic E-state index is 12.1. The predicted molar refractivity (Wildman–Crippen MR) is 121 cm³/mol. The molecule has 2 aromatic rings.